The molecule has 4 heterocycles. The number of likely N-dealkylation sites (tertiary alicyclic amines) is 2. The number of carbonyl (C=O) groups excluding carboxylic acids is 4. The molecule has 11 heteroatoms. The minimum absolute atomic E-state index is 0.000122. The summed E-state index contributed by atoms with van der Waals surface area (Å²) in [6.07, 6.45) is 11.6. The molecule has 2 aliphatic carbocycles. The van der Waals surface area contributed by atoms with Crippen LogP contribution in [0.15, 0.2) is 60.9 Å². The Morgan fingerprint density at radius 3 is 1.52 bits per heavy atom. The van der Waals surface area contributed by atoms with Gasteiger partial charge in [0.15, 0.2) is 0 Å². The number of amides is 3. The molecule has 4 aromatic rings. The smallest absolute Gasteiger partial charge is 0.246 e. The summed E-state index contributed by atoms with van der Waals surface area (Å²) in [5.41, 5.74) is 3.73. The summed E-state index contributed by atoms with van der Waals surface area (Å²) >= 11 is 3.30. The highest BCUT2D eigenvalue weighted by atomic mass is 32.1. The fourth-order valence-corrected chi connectivity index (χ4v) is 10.7. The van der Waals surface area contributed by atoms with Crippen molar-refractivity contribution in [3.63, 3.8) is 0 Å². The molecule has 2 aromatic carbocycles. The molecule has 0 spiro atoms. The molecule has 4 aliphatic rings. The first kappa shape index (κ1) is 40.6. The van der Waals surface area contributed by atoms with Crippen molar-refractivity contribution in [3.8, 4) is 32.0 Å². The molecule has 2 aliphatic heterocycles. The predicted octanol–water partition coefficient (Wildman–Crippen LogP) is 9.90. The van der Waals surface area contributed by atoms with E-state index in [2.05, 4.69) is 74.6 Å². The van der Waals surface area contributed by atoms with Crippen molar-refractivity contribution >= 4 is 46.2 Å². The van der Waals surface area contributed by atoms with E-state index in [9.17, 15) is 19.2 Å². The molecule has 0 radical (unpaired) electrons. The third-order valence-corrected chi connectivity index (χ3v) is 14.8. The van der Waals surface area contributed by atoms with Gasteiger partial charge in [-0.2, -0.15) is 0 Å². The second kappa shape index (κ2) is 16.1. The zero-order valence-corrected chi connectivity index (χ0v) is 36.4. The molecule has 2 aromatic heterocycles. The second-order valence-electron chi connectivity index (χ2n) is 19.1. The van der Waals surface area contributed by atoms with Crippen molar-refractivity contribution in [1.29, 1.82) is 0 Å². The number of rotatable bonds is 12. The zero-order valence-electron chi connectivity index (χ0n) is 34.8. The largest absolute Gasteiger partial charge is 0.344 e. The Morgan fingerprint density at radius 1 is 0.638 bits per heavy atom. The number of nitrogens with zero attached hydrogens (tertiary/aromatic N) is 4. The Morgan fingerprint density at radius 2 is 1.09 bits per heavy atom. The summed E-state index contributed by atoms with van der Waals surface area (Å²) in [4.78, 5) is 69.2. The lowest BCUT2D eigenvalue weighted by Crippen LogP contribution is -2.54. The van der Waals surface area contributed by atoms with E-state index in [4.69, 9.17) is 9.97 Å². The van der Waals surface area contributed by atoms with Crippen molar-refractivity contribution < 1.29 is 19.2 Å². The van der Waals surface area contributed by atoms with Crippen molar-refractivity contribution in [2.75, 3.05) is 13.1 Å². The van der Waals surface area contributed by atoms with E-state index in [1.807, 2.05) is 43.0 Å². The average molecular weight is 820 g/mol. The Labute approximate surface area is 351 Å². The number of nitrogens with one attached hydrogen (secondary N) is 1. The Balaban J connectivity index is 0.913. The number of ketones is 1. The molecule has 2 saturated carbocycles. The second-order valence-corrected chi connectivity index (χ2v) is 21.2. The van der Waals surface area contributed by atoms with Crippen molar-refractivity contribution in [2.24, 2.45) is 28.6 Å². The van der Waals surface area contributed by atoms with Crippen LogP contribution in [0.25, 0.3) is 32.0 Å². The lowest BCUT2D eigenvalue weighted by Gasteiger charge is -2.35. The third kappa shape index (κ3) is 8.71. The number of hydrogen-bond acceptors (Lipinski definition) is 8. The fourth-order valence-electron chi connectivity index (χ4n) is 8.54. The summed E-state index contributed by atoms with van der Waals surface area (Å²) in [6, 6.07) is 16.4. The van der Waals surface area contributed by atoms with Gasteiger partial charge in [0.25, 0.3) is 0 Å². The van der Waals surface area contributed by atoms with E-state index >= 15 is 0 Å². The van der Waals surface area contributed by atoms with Gasteiger partial charge in [0, 0.05) is 49.7 Å². The first-order valence-electron chi connectivity index (χ1n) is 21.2. The highest BCUT2D eigenvalue weighted by Gasteiger charge is 2.44. The molecular formula is C47H57N5O4S2. The van der Waals surface area contributed by atoms with Gasteiger partial charge in [-0.15, -0.1) is 22.7 Å². The molecule has 0 unspecified atom stereocenters. The maximum Gasteiger partial charge on any atom is 0.246 e. The Kier molecular flexibility index (Phi) is 11.3. The van der Waals surface area contributed by atoms with Gasteiger partial charge in [-0.1, -0.05) is 90.1 Å². The highest BCUT2D eigenvalue weighted by molar-refractivity contribution is 7.15. The van der Waals surface area contributed by atoms with Gasteiger partial charge in [0.2, 0.25) is 17.7 Å². The van der Waals surface area contributed by atoms with Gasteiger partial charge in [-0.05, 0) is 84.5 Å². The highest BCUT2D eigenvalue weighted by Crippen LogP contribution is 2.43. The number of Topliss-reactive ketones (excluding diaryl/α,β-unsaturated/α-hetero) is 1. The van der Waals surface area contributed by atoms with Crippen LogP contribution in [0.4, 0.5) is 0 Å². The first-order valence-corrected chi connectivity index (χ1v) is 22.9. The molecule has 3 amide bonds. The fraction of sp³-hybridized carbons (Fsp3) is 0.532. The van der Waals surface area contributed by atoms with Crippen LogP contribution in [0.2, 0.25) is 0 Å². The summed E-state index contributed by atoms with van der Waals surface area (Å²) in [7, 11) is 0. The van der Waals surface area contributed by atoms with Crippen molar-refractivity contribution in [1.82, 2.24) is 25.1 Å². The summed E-state index contributed by atoms with van der Waals surface area (Å²) in [5.74, 6) is 0.226. The Bertz CT molecular complexity index is 2000. The normalized spacial score (nSPS) is 20.9. The van der Waals surface area contributed by atoms with E-state index < -0.39 is 11.5 Å². The minimum Gasteiger partial charge on any atom is -0.344 e. The molecule has 9 nitrogen and oxygen atoms in total. The number of thiazole rings is 2. The summed E-state index contributed by atoms with van der Waals surface area (Å²) in [6.45, 7) is 13.7. The van der Waals surface area contributed by atoms with Gasteiger partial charge in [-0.3, -0.25) is 19.2 Å². The van der Waals surface area contributed by atoms with E-state index in [-0.39, 0.29) is 58.8 Å². The van der Waals surface area contributed by atoms with Gasteiger partial charge in [0.1, 0.15) is 21.8 Å². The molecule has 8 rings (SSSR count). The summed E-state index contributed by atoms with van der Waals surface area (Å²) < 4.78 is 0. The summed E-state index contributed by atoms with van der Waals surface area (Å²) in [5, 5.41) is 4.99. The maximum atomic E-state index is 14.0. The van der Waals surface area contributed by atoms with Gasteiger partial charge >= 0.3 is 0 Å². The van der Waals surface area contributed by atoms with Crippen molar-refractivity contribution in [2.45, 2.75) is 117 Å². The predicted molar refractivity (Wildman–Crippen MR) is 231 cm³/mol. The molecule has 58 heavy (non-hydrogen) atoms. The zero-order chi connectivity index (χ0) is 40.9. The quantitative estimate of drug-likeness (QED) is 0.152. The van der Waals surface area contributed by atoms with E-state index in [1.165, 1.54) is 0 Å². The average Bonchev–Trinajstić information content (AvgIpc) is 3.95. The van der Waals surface area contributed by atoms with Crippen LogP contribution in [0.1, 0.15) is 121 Å². The third-order valence-electron chi connectivity index (χ3n) is 12.5. The molecule has 2 saturated heterocycles. The van der Waals surface area contributed by atoms with Crippen LogP contribution >= 0.6 is 22.7 Å². The lowest BCUT2D eigenvalue weighted by atomic mass is 9.76. The number of hydrogen-bond donors (Lipinski definition) is 1. The van der Waals surface area contributed by atoms with E-state index in [0.717, 1.165) is 93.4 Å². The monoisotopic (exact) mass is 819 g/mol. The van der Waals surface area contributed by atoms with Crippen LogP contribution in [0, 0.1) is 28.6 Å². The van der Waals surface area contributed by atoms with Crippen LogP contribution in [0.5, 0.6) is 0 Å². The number of aromatic nitrogens is 2. The first-order chi connectivity index (χ1) is 27.7. The standard InChI is InChI=1S/C47H57N5O4S2/c1-46(2,3)34(25-37(53)30-15-16-30)44(55)51-23-7-9-35(51)42-48-26-38(57-42)31-17-11-28(12-18-31)29-13-19-32(20-14-29)39-27-49-43(58-39)36-10-8-24-52(36)45(56)40(47(4,5)6)50-41(54)33-21-22-33/h11-14,17-20,26-27,30,33-36,40H,7-10,15-16,21-25H2,1-6H3,(H,50,54)/t34-,35-,36-,40-/m0/s1. The van der Waals surface area contributed by atoms with Crippen molar-refractivity contribution in [3.05, 3.63) is 70.9 Å². The van der Waals surface area contributed by atoms with Crippen LogP contribution < -0.4 is 5.32 Å². The van der Waals surface area contributed by atoms with Crippen LogP contribution in [-0.2, 0) is 19.2 Å². The topological polar surface area (TPSA) is 113 Å². The molecule has 4 atom stereocenters. The SMILES string of the molecule is CC(C)(C)[C@@H](CC(=O)C1CC1)C(=O)N1CCC[C@H]1c1ncc(-c2ccc(-c3ccc(-c4cnc([C@@H]5CCCN5C(=O)[C@H](NC(=O)C5CC5)C(C)(C)C)s4)cc3)cc2)s1. The van der Waals surface area contributed by atoms with Crippen LogP contribution in [0.3, 0.4) is 0 Å². The Hall–Kier alpha value is -4.22. The number of benzene rings is 2. The van der Waals surface area contributed by atoms with Gasteiger partial charge in [-0.25, -0.2) is 9.97 Å². The molecular weight excluding hydrogens is 763 g/mol. The molecule has 306 valence electrons. The molecule has 4 fully saturated rings. The molecule has 1 N–H and O–H groups in total. The maximum absolute atomic E-state index is 14.0. The lowest BCUT2D eigenvalue weighted by molar-refractivity contribution is -0.143. The van der Waals surface area contributed by atoms with E-state index in [1.54, 1.807) is 22.7 Å². The minimum atomic E-state index is -0.566. The van der Waals surface area contributed by atoms with E-state index in [0.29, 0.717) is 19.5 Å². The molecule has 0 bridgehead atoms. The van der Waals surface area contributed by atoms with Crippen LogP contribution in [-0.4, -0.2) is 62.4 Å². The van der Waals surface area contributed by atoms with Gasteiger partial charge < -0.3 is 15.1 Å². The van der Waals surface area contributed by atoms with Gasteiger partial charge in [0.05, 0.1) is 21.8 Å². The number of carbonyl (C=O) groups is 4.